The molecule has 1 aromatic carbocycles. The molecule has 0 bridgehead atoms. The lowest BCUT2D eigenvalue weighted by Crippen LogP contribution is -2.36. The predicted octanol–water partition coefficient (Wildman–Crippen LogP) is 3.20. The van der Waals surface area contributed by atoms with Crippen molar-refractivity contribution in [3.05, 3.63) is 35.4 Å². The zero-order valence-electron chi connectivity index (χ0n) is 12.5. The zero-order chi connectivity index (χ0) is 14.1. The summed E-state index contributed by atoms with van der Waals surface area (Å²) in [5.74, 6) is 0.745. The Bertz CT molecular complexity index is 502. The van der Waals surface area contributed by atoms with Gasteiger partial charge in [-0.1, -0.05) is 44.0 Å². The van der Waals surface area contributed by atoms with Crippen LogP contribution in [0.1, 0.15) is 49.8 Å². The molecule has 0 heterocycles. The SMILES string of the molecule is CNC1c2ccccc2CC1S(=O)C1CCCC(C)C1. The molecule has 110 valence electrons. The second-order valence-corrected chi connectivity index (χ2v) is 8.36. The number of benzene rings is 1. The maximum absolute atomic E-state index is 13.1. The summed E-state index contributed by atoms with van der Waals surface area (Å²) in [6.45, 7) is 2.31. The van der Waals surface area contributed by atoms with Crippen molar-refractivity contribution in [3.63, 3.8) is 0 Å². The predicted molar refractivity (Wildman–Crippen MR) is 85.3 cm³/mol. The molecule has 0 saturated heterocycles. The van der Waals surface area contributed by atoms with Crippen LogP contribution >= 0.6 is 0 Å². The molecule has 2 nitrogen and oxygen atoms in total. The highest BCUT2D eigenvalue weighted by Crippen LogP contribution is 2.38. The van der Waals surface area contributed by atoms with E-state index in [-0.39, 0.29) is 11.3 Å². The molecular formula is C17H25NOS. The van der Waals surface area contributed by atoms with Crippen molar-refractivity contribution in [2.24, 2.45) is 5.92 Å². The van der Waals surface area contributed by atoms with E-state index in [1.165, 1.54) is 24.0 Å². The Balaban J connectivity index is 1.79. The normalized spacial score (nSPS) is 34.7. The van der Waals surface area contributed by atoms with Crippen LogP contribution in [0.4, 0.5) is 0 Å². The highest BCUT2D eigenvalue weighted by atomic mass is 32.2. The Hall–Kier alpha value is -0.670. The van der Waals surface area contributed by atoms with Crippen LogP contribution in [0.2, 0.25) is 0 Å². The van der Waals surface area contributed by atoms with Gasteiger partial charge in [0.2, 0.25) is 0 Å². The molecule has 1 fully saturated rings. The standard InChI is InChI=1S/C17H25NOS/c1-12-6-5-8-14(10-12)20(19)16-11-13-7-3-4-9-15(13)17(16)18-2/h3-4,7,9,12,14,16-18H,5-6,8,10-11H2,1-2H3. The van der Waals surface area contributed by atoms with E-state index < -0.39 is 10.8 Å². The molecule has 0 radical (unpaired) electrons. The highest BCUT2D eigenvalue weighted by Gasteiger charge is 2.38. The Morgan fingerprint density at radius 3 is 2.80 bits per heavy atom. The van der Waals surface area contributed by atoms with E-state index in [0.717, 1.165) is 25.2 Å². The van der Waals surface area contributed by atoms with Gasteiger partial charge in [0.1, 0.15) is 0 Å². The first-order chi connectivity index (χ1) is 9.70. The highest BCUT2D eigenvalue weighted by molar-refractivity contribution is 7.86. The summed E-state index contributed by atoms with van der Waals surface area (Å²) in [5, 5.41) is 4.08. The fourth-order valence-electron chi connectivity index (χ4n) is 3.95. The summed E-state index contributed by atoms with van der Waals surface area (Å²) in [6.07, 6.45) is 5.84. The van der Waals surface area contributed by atoms with Crippen molar-refractivity contribution in [2.75, 3.05) is 7.05 Å². The maximum atomic E-state index is 13.1. The largest absolute Gasteiger partial charge is 0.312 e. The lowest BCUT2D eigenvalue weighted by atomic mass is 9.91. The molecule has 5 atom stereocenters. The topological polar surface area (TPSA) is 29.1 Å². The number of rotatable bonds is 3. The van der Waals surface area contributed by atoms with Crippen LogP contribution in [0.15, 0.2) is 24.3 Å². The van der Waals surface area contributed by atoms with Gasteiger partial charge >= 0.3 is 0 Å². The summed E-state index contributed by atoms with van der Waals surface area (Å²) >= 11 is 0. The van der Waals surface area contributed by atoms with Crippen LogP contribution in [-0.4, -0.2) is 21.8 Å². The molecule has 0 spiro atoms. The van der Waals surface area contributed by atoms with Crippen LogP contribution in [-0.2, 0) is 17.2 Å². The van der Waals surface area contributed by atoms with Gasteiger partial charge in [-0.2, -0.15) is 0 Å². The Morgan fingerprint density at radius 2 is 2.05 bits per heavy atom. The Labute approximate surface area is 124 Å². The maximum Gasteiger partial charge on any atom is 0.0586 e. The zero-order valence-corrected chi connectivity index (χ0v) is 13.3. The van der Waals surface area contributed by atoms with Crippen LogP contribution < -0.4 is 5.32 Å². The van der Waals surface area contributed by atoms with Crippen molar-refractivity contribution in [2.45, 2.75) is 55.6 Å². The van der Waals surface area contributed by atoms with E-state index in [1.54, 1.807) is 0 Å². The molecule has 2 aliphatic rings. The fraction of sp³-hybridized carbons (Fsp3) is 0.647. The van der Waals surface area contributed by atoms with E-state index in [1.807, 2.05) is 7.05 Å². The molecule has 0 amide bonds. The molecule has 20 heavy (non-hydrogen) atoms. The van der Waals surface area contributed by atoms with E-state index in [2.05, 4.69) is 36.5 Å². The summed E-state index contributed by atoms with van der Waals surface area (Å²) in [5.41, 5.74) is 2.74. The van der Waals surface area contributed by atoms with Crippen molar-refractivity contribution < 1.29 is 4.21 Å². The lowest BCUT2D eigenvalue weighted by Gasteiger charge is -2.30. The van der Waals surface area contributed by atoms with Gasteiger partial charge < -0.3 is 5.32 Å². The first-order valence-electron chi connectivity index (χ1n) is 7.85. The van der Waals surface area contributed by atoms with Crippen molar-refractivity contribution >= 4 is 10.8 Å². The first-order valence-corrected chi connectivity index (χ1v) is 9.12. The fourth-order valence-corrected chi connectivity index (χ4v) is 6.26. The average molecular weight is 291 g/mol. The summed E-state index contributed by atoms with van der Waals surface area (Å²) in [7, 11) is 1.28. The number of nitrogens with one attached hydrogen (secondary N) is 1. The molecule has 0 aliphatic heterocycles. The molecule has 5 unspecified atom stereocenters. The van der Waals surface area contributed by atoms with Gasteiger partial charge in [-0.05, 0) is 43.4 Å². The summed E-state index contributed by atoms with van der Waals surface area (Å²) in [6, 6.07) is 8.85. The summed E-state index contributed by atoms with van der Waals surface area (Å²) < 4.78 is 13.1. The van der Waals surface area contributed by atoms with Crippen LogP contribution in [0.25, 0.3) is 0 Å². The number of fused-ring (bicyclic) bond motifs is 1. The first kappa shape index (κ1) is 14.3. The van der Waals surface area contributed by atoms with Crippen molar-refractivity contribution in [1.29, 1.82) is 0 Å². The second kappa shape index (κ2) is 5.98. The van der Waals surface area contributed by atoms with Gasteiger partial charge in [-0.3, -0.25) is 4.21 Å². The number of hydrogen-bond donors (Lipinski definition) is 1. The molecule has 3 rings (SSSR count). The third-order valence-corrected chi connectivity index (χ3v) is 7.13. The molecule has 3 heteroatoms. The van der Waals surface area contributed by atoms with Gasteiger partial charge in [0.05, 0.1) is 5.25 Å². The van der Waals surface area contributed by atoms with E-state index in [9.17, 15) is 4.21 Å². The molecular weight excluding hydrogens is 266 g/mol. The lowest BCUT2D eigenvalue weighted by molar-refractivity contribution is 0.387. The molecule has 2 aliphatic carbocycles. The number of hydrogen-bond acceptors (Lipinski definition) is 2. The molecule has 1 N–H and O–H groups in total. The quantitative estimate of drug-likeness (QED) is 0.926. The minimum absolute atomic E-state index is 0.257. The van der Waals surface area contributed by atoms with E-state index in [4.69, 9.17) is 0 Å². The third kappa shape index (κ3) is 2.58. The second-order valence-electron chi connectivity index (χ2n) is 6.43. The third-order valence-electron chi connectivity index (χ3n) is 5.01. The van der Waals surface area contributed by atoms with E-state index >= 15 is 0 Å². The van der Waals surface area contributed by atoms with Crippen molar-refractivity contribution in [3.8, 4) is 0 Å². The van der Waals surface area contributed by atoms with Gasteiger partial charge in [-0.25, -0.2) is 0 Å². The molecule has 1 aromatic rings. The summed E-state index contributed by atoms with van der Waals surface area (Å²) in [4.78, 5) is 0. The molecule has 0 aromatic heterocycles. The van der Waals surface area contributed by atoms with Crippen molar-refractivity contribution in [1.82, 2.24) is 5.32 Å². The van der Waals surface area contributed by atoms with Crippen LogP contribution in [0.5, 0.6) is 0 Å². The average Bonchev–Trinajstić information content (AvgIpc) is 2.85. The minimum Gasteiger partial charge on any atom is -0.312 e. The van der Waals surface area contributed by atoms with Gasteiger partial charge in [0.25, 0.3) is 0 Å². The van der Waals surface area contributed by atoms with Crippen LogP contribution in [0, 0.1) is 5.92 Å². The monoisotopic (exact) mass is 291 g/mol. The smallest absolute Gasteiger partial charge is 0.0586 e. The Morgan fingerprint density at radius 1 is 1.25 bits per heavy atom. The minimum atomic E-state index is -0.721. The van der Waals surface area contributed by atoms with Gasteiger partial charge in [0, 0.05) is 22.1 Å². The van der Waals surface area contributed by atoms with Crippen LogP contribution in [0.3, 0.4) is 0 Å². The van der Waals surface area contributed by atoms with Gasteiger partial charge in [0.15, 0.2) is 0 Å². The Kier molecular flexibility index (Phi) is 4.27. The van der Waals surface area contributed by atoms with E-state index in [0.29, 0.717) is 5.25 Å². The van der Waals surface area contributed by atoms with Gasteiger partial charge in [-0.15, -0.1) is 0 Å². The molecule has 1 saturated carbocycles.